The molecule has 17 heavy (non-hydrogen) atoms. The highest BCUT2D eigenvalue weighted by atomic mass is 16.5. The summed E-state index contributed by atoms with van der Waals surface area (Å²) in [5.74, 6) is 0. The van der Waals surface area contributed by atoms with Gasteiger partial charge in [0, 0.05) is 18.2 Å². The standard InChI is InChI=1S/C14H30N2O/c1-14(2,16(4)5)13(15-3)10-6-8-12-9-7-11-17-12/h12-13,15H,6-11H2,1-5H3. The van der Waals surface area contributed by atoms with E-state index < -0.39 is 0 Å². The van der Waals surface area contributed by atoms with Gasteiger partial charge in [-0.1, -0.05) is 0 Å². The van der Waals surface area contributed by atoms with Crippen molar-refractivity contribution in [3.05, 3.63) is 0 Å². The first-order chi connectivity index (χ1) is 7.98. The Bertz CT molecular complexity index is 210. The SMILES string of the molecule is CNC(CCCC1CCCO1)C(C)(C)N(C)C. The number of likely N-dealkylation sites (N-methyl/N-ethyl adjacent to an activating group) is 2. The molecule has 1 saturated heterocycles. The van der Waals surface area contributed by atoms with Gasteiger partial charge in [-0.05, 0) is 67.1 Å². The van der Waals surface area contributed by atoms with Crippen molar-refractivity contribution < 1.29 is 4.74 Å². The van der Waals surface area contributed by atoms with E-state index in [1.807, 2.05) is 0 Å². The van der Waals surface area contributed by atoms with Crippen molar-refractivity contribution in [1.29, 1.82) is 0 Å². The molecular formula is C14H30N2O. The molecule has 2 unspecified atom stereocenters. The van der Waals surface area contributed by atoms with Gasteiger partial charge in [0.05, 0.1) is 6.10 Å². The molecule has 0 saturated carbocycles. The molecule has 0 aromatic heterocycles. The molecule has 1 fully saturated rings. The van der Waals surface area contributed by atoms with Crippen LogP contribution in [-0.4, -0.2) is 50.3 Å². The summed E-state index contributed by atoms with van der Waals surface area (Å²) in [4.78, 5) is 2.31. The predicted molar refractivity (Wildman–Crippen MR) is 73.4 cm³/mol. The smallest absolute Gasteiger partial charge is 0.0576 e. The van der Waals surface area contributed by atoms with Crippen molar-refractivity contribution >= 4 is 0 Å². The number of hydrogen-bond donors (Lipinski definition) is 1. The van der Waals surface area contributed by atoms with Gasteiger partial charge in [0.1, 0.15) is 0 Å². The van der Waals surface area contributed by atoms with Crippen LogP contribution in [0.3, 0.4) is 0 Å². The molecule has 1 rings (SSSR count). The van der Waals surface area contributed by atoms with E-state index in [1.165, 1.54) is 32.1 Å². The van der Waals surface area contributed by atoms with E-state index in [-0.39, 0.29) is 5.54 Å². The third-order valence-electron chi connectivity index (χ3n) is 4.40. The summed E-state index contributed by atoms with van der Waals surface area (Å²) in [6, 6.07) is 0.541. The Kier molecular flexibility index (Phi) is 5.90. The van der Waals surface area contributed by atoms with Crippen LogP contribution in [0.5, 0.6) is 0 Å². The Hall–Kier alpha value is -0.120. The van der Waals surface area contributed by atoms with Crippen molar-refractivity contribution in [2.24, 2.45) is 0 Å². The lowest BCUT2D eigenvalue weighted by Crippen LogP contribution is -2.54. The van der Waals surface area contributed by atoms with Crippen LogP contribution in [0.4, 0.5) is 0 Å². The summed E-state index contributed by atoms with van der Waals surface area (Å²) in [5.41, 5.74) is 0.200. The van der Waals surface area contributed by atoms with Crippen molar-refractivity contribution in [3.8, 4) is 0 Å². The molecular weight excluding hydrogens is 212 g/mol. The second kappa shape index (κ2) is 6.72. The third-order valence-corrected chi connectivity index (χ3v) is 4.40. The number of ether oxygens (including phenoxy) is 1. The zero-order chi connectivity index (χ0) is 12.9. The van der Waals surface area contributed by atoms with Gasteiger partial charge >= 0.3 is 0 Å². The van der Waals surface area contributed by atoms with Crippen LogP contribution >= 0.6 is 0 Å². The van der Waals surface area contributed by atoms with E-state index in [0.717, 1.165) is 6.61 Å². The number of hydrogen-bond acceptors (Lipinski definition) is 3. The lowest BCUT2D eigenvalue weighted by Gasteiger charge is -2.40. The highest BCUT2D eigenvalue weighted by Gasteiger charge is 2.30. The molecule has 102 valence electrons. The molecule has 1 aliphatic rings. The molecule has 0 aromatic carbocycles. The monoisotopic (exact) mass is 242 g/mol. The zero-order valence-electron chi connectivity index (χ0n) is 12.3. The van der Waals surface area contributed by atoms with Crippen LogP contribution in [-0.2, 0) is 4.74 Å². The highest BCUT2D eigenvalue weighted by molar-refractivity contribution is 4.90. The van der Waals surface area contributed by atoms with Gasteiger partial charge < -0.3 is 15.0 Å². The molecule has 0 radical (unpaired) electrons. The van der Waals surface area contributed by atoms with E-state index in [2.05, 4.69) is 45.2 Å². The molecule has 1 N–H and O–H groups in total. The first-order valence-corrected chi connectivity index (χ1v) is 6.94. The Balaban J connectivity index is 2.31. The Morgan fingerprint density at radius 3 is 2.59 bits per heavy atom. The van der Waals surface area contributed by atoms with Crippen LogP contribution in [0, 0.1) is 0 Å². The van der Waals surface area contributed by atoms with Gasteiger partial charge in [-0.15, -0.1) is 0 Å². The van der Waals surface area contributed by atoms with Crippen LogP contribution < -0.4 is 5.32 Å². The number of nitrogens with one attached hydrogen (secondary N) is 1. The van der Waals surface area contributed by atoms with E-state index in [0.29, 0.717) is 12.1 Å². The Labute approximate surface area is 107 Å². The fourth-order valence-corrected chi connectivity index (χ4v) is 2.58. The maximum Gasteiger partial charge on any atom is 0.0576 e. The van der Waals surface area contributed by atoms with Gasteiger partial charge in [0.25, 0.3) is 0 Å². The summed E-state index contributed by atoms with van der Waals surface area (Å²) in [6.45, 7) is 5.59. The molecule has 0 aliphatic carbocycles. The van der Waals surface area contributed by atoms with Crippen molar-refractivity contribution in [3.63, 3.8) is 0 Å². The first-order valence-electron chi connectivity index (χ1n) is 6.94. The van der Waals surface area contributed by atoms with Gasteiger partial charge in [-0.3, -0.25) is 0 Å². The maximum atomic E-state index is 5.67. The van der Waals surface area contributed by atoms with Crippen molar-refractivity contribution in [1.82, 2.24) is 10.2 Å². The summed E-state index contributed by atoms with van der Waals surface area (Å²) < 4.78 is 5.67. The van der Waals surface area contributed by atoms with E-state index in [1.54, 1.807) is 0 Å². The summed E-state index contributed by atoms with van der Waals surface area (Å²) in [5, 5.41) is 3.47. The second-order valence-corrected chi connectivity index (χ2v) is 5.96. The molecule has 3 nitrogen and oxygen atoms in total. The average Bonchev–Trinajstić information content (AvgIpc) is 2.76. The summed E-state index contributed by atoms with van der Waals surface area (Å²) >= 11 is 0. The van der Waals surface area contributed by atoms with Crippen molar-refractivity contribution in [2.45, 2.75) is 63.6 Å². The van der Waals surface area contributed by atoms with Gasteiger partial charge in [-0.2, -0.15) is 0 Å². The number of rotatable bonds is 7. The zero-order valence-corrected chi connectivity index (χ0v) is 12.3. The normalized spacial score (nSPS) is 23.3. The lowest BCUT2D eigenvalue weighted by molar-refractivity contribution is 0.0949. The molecule has 0 aromatic rings. The highest BCUT2D eigenvalue weighted by Crippen LogP contribution is 2.23. The fraction of sp³-hybridized carbons (Fsp3) is 1.00. The first kappa shape index (κ1) is 14.9. The summed E-state index contributed by atoms with van der Waals surface area (Å²) in [6.07, 6.45) is 6.76. The molecule has 0 spiro atoms. The lowest BCUT2D eigenvalue weighted by atomic mass is 9.89. The molecule has 0 bridgehead atoms. The van der Waals surface area contributed by atoms with Crippen LogP contribution in [0.2, 0.25) is 0 Å². The molecule has 0 amide bonds. The van der Waals surface area contributed by atoms with Gasteiger partial charge in [-0.25, -0.2) is 0 Å². The fourth-order valence-electron chi connectivity index (χ4n) is 2.58. The van der Waals surface area contributed by atoms with Crippen LogP contribution in [0.25, 0.3) is 0 Å². The van der Waals surface area contributed by atoms with Crippen LogP contribution in [0.15, 0.2) is 0 Å². The predicted octanol–water partition coefficient (Wildman–Crippen LogP) is 2.26. The topological polar surface area (TPSA) is 24.5 Å². The van der Waals surface area contributed by atoms with E-state index >= 15 is 0 Å². The van der Waals surface area contributed by atoms with E-state index in [9.17, 15) is 0 Å². The second-order valence-electron chi connectivity index (χ2n) is 5.96. The average molecular weight is 242 g/mol. The molecule has 1 heterocycles. The van der Waals surface area contributed by atoms with Crippen LogP contribution in [0.1, 0.15) is 46.0 Å². The van der Waals surface area contributed by atoms with Gasteiger partial charge in [0.2, 0.25) is 0 Å². The minimum absolute atomic E-state index is 0.200. The molecule has 1 aliphatic heterocycles. The van der Waals surface area contributed by atoms with Gasteiger partial charge in [0.15, 0.2) is 0 Å². The largest absolute Gasteiger partial charge is 0.378 e. The quantitative estimate of drug-likeness (QED) is 0.741. The molecule has 2 atom stereocenters. The third kappa shape index (κ3) is 4.23. The Morgan fingerprint density at radius 2 is 2.12 bits per heavy atom. The summed E-state index contributed by atoms with van der Waals surface area (Å²) in [7, 11) is 6.39. The molecule has 3 heteroatoms. The van der Waals surface area contributed by atoms with E-state index in [4.69, 9.17) is 4.74 Å². The minimum atomic E-state index is 0.200. The van der Waals surface area contributed by atoms with Crippen molar-refractivity contribution in [2.75, 3.05) is 27.7 Å². The maximum absolute atomic E-state index is 5.67. The number of nitrogens with zero attached hydrogens (tertiary/aromatic N) is 1. The Morgan fingerprint density at radius 1 is 1.41 bits per heavy atom. The minimum Gasteiger partial charge on any atom is -0.378 e.